The smallest absolute Gasteiger partial charge is 0.0935 e. The van der Waals surface area contributed by atoms with Gasteiger partial charge >= 0.3 is 0 Å². The molecule has 1 unspecified atom stereocenters. The fourth-order valence-corrected chi connectivity index (χ4v) is 3.44. The molecule has 0 amide bonds. The van der Waals surface area contributed by atoms with Crippen LogP contribution >= 0.6 is 0 Å². The van der Waals surface area contributed by atoms with E-state index in [9.17, 15) is 0 Å². The average molecular weight is 250 g/mol. The summed E-state index contributed by atoms with van der Waals surface area (Å²) in [7, 11) is 4.45. The molecule has 2 rings (SSSR count). The maximum Gasteiger partial charge on any atom is 0.0935 e. The van der Waals surface area contributed by atoms with Gasteiger partial charge in [-0.3, -0.25) is 0 Å². The van der Waals surface area contributed by atoms with Gasteiger partial charge < -0.3 is 14.6 Å². The number of nitrogens with zero attached hydrogens (tertiary/aromatic N) is 1. The first-order valence-electron chi connectivity index (χ1n) is 7.11. The first kappa shape index (κ1) is 13.6. The maximum atomic E-state index is 5.21. The molecule has 1 aromatic rings. The number of nitrogens with one attached hydrogen (secondary N) is 1. The van der Waals surface area contributed by atoms with E-state index in [0.717, 1.165) is 13.0 Å². The average Bonchev–Trinajstić information content (AvgIpc) is 3.00. The Hall–Kier alpha value is -0.800. The van der Waals surface area contributed by atoms with Crippen molar-refractivity contribution in [3.8, 4) is 0 Å². The number of hydrogen-bond donors (Lipinski definition) is 1. The highest BCUT2D eigenvalue weighted by Gasteiger charge is 2.42. The van der Waals surface area contributed by atoms with Gasteiger partial charge in [0.15, 0.2) is 0 Å². The molecule has 0 saturated heterocycles. The van der Waals surface area contributed by atoms with E-state index >= 15 is 0 Å². The van der Waals surface area contributed by atoms with Gasteiger partial charge in [0.05, 0.1) is 12.5 Å². The lowest BCUT2D eigenvalue weighted by atomic mass is 9.83. The van der Waals surface area contributed by atoms with Crippen LogP contribution in [0, 0.1) is 0 Å². The lowest BCUT2D eigenvalue weighted by Gasteiger charge is -2.43. The molecular weight excluding hydrogens is 224 g/mol. The lowest BCUT2D eigenvalue weighted by molar-refractivity contribution is 0.105. The van der Waals surface area contributed by atoms with Gasteiger partial charge in [0.2, 0.25) is 0 Å². The van der Waals surface area contributed by atoms with Gasteiger partial charge in [0.25, 0.3) is 0 Å². The number of hydrogen-bond acceptors (Lipinski definition) is 3. The zero-order chi connectivity index (χ0) is 13.0. The summed E-state index contributed by atoms with van der Waals surface area (Å²) < 4.78 is 5.21. The third-order valence-electron chi connectivity index (χ3n) is 4.48. The van der Waals surface area contributed by atoms with Crippen LogP contribution in [0.2, 0.25) is 0 Å². The molecule has 3 nitrogen and oxygen atoms in total. The summed E-state index contributed by atoms with van der Waals surface area (Å²) in [5.41, 5.74) is 1.61. The van der Waals surface area contributed by atoms with Gasteiger partial charge in [0, 0.05) is 11.6 Å². The van der Waals surface area contributed by atoms with Gasteiger partial charge in [-0.15, -0.1) is 0 Å². The Morgan fingerprint density at radius 2 is 2.11 bits per heavy atom. The van der Waals surface area contributed by atoms with Crippen molar-refractivity contribution in [2.45, 2.75) is 50.6 Å². The topological polar surface area (TPSA) is 28.4 Å². The normalized spacial score (nSPS) is 20.4. The number of furan rings is 1. The molecule has 1 fully saturated rings. The highest BCUT2D eigenvalue weighted by molar-refractivity contribution is 5.13. The number of rotatable bonds is 6. The minimum absolute atomic E-state index is 0.313. The van der Waals surface area contributed by atoms with E-state index in [-0.39, 0.29) is 0 Å². The van der Waals surface area contributed by atoms with E-state index in [4.69, 9.17) is 4.42 Å². The second-order valence-electron chi connectivity index (χ2n) is 5.65. The molecule has 1 aliphatic rings. The van der Waals surface area contributed by atoms with Gasteiger partial charge in [-0.1, -0.05) is 19.8 Å². The first-order chi connectivity index (χ1) is 8.69. The lowest BCUT2D eigenvalue weighted by Crippen LogP contribution is -2.58. The Balaban J connectivity index is 2.16. The van der Waals surface area contributed by atoms with E-state index in [1.54, 1.807) is 6.26 Å². The summed E-state index contributed by atoms with van der Waals surface area (Å²) in [6.45, 7) is 3.22. The molecular formula is C15H26N2O. The standard InChI is InChI=1S/C15H26N2O/c1-4-16-14(11-13-7-10-18-12-13)15(17(2)3)8-5-6-9-15/h7,10,12,14,16H,4-6,8-9,11H2,1-3H3. The second-order valence-corrected chi connectivity index (χ2v) is 5.65. The highest BCUT2D eigenvalue weighted by atomic mass is 16.3. The highest BCUT2D eigenvalue weighted by Crippen LogP contribution is 2.37. The van der Waals surface area contributed by atoms with Crippen molar-refractivity contribution in [1.82, 2.24) is 10.2 Å². The summed E-state index contributed by atoms with van der Waals surface area (Å²) in [6, 6.07) is 2.60. The molecule has 1 aromatic heterocycles. The van der Waals surface area contributed by atoms with E-state index in [2.05, 4.69) is 37.3 Å². The van der Waals surface area contributed by atoms with E-state index < -0.39 is 0 Å². The van der Waals surface area contributed by atoms with E-state index in [0.29, 0.717) is 11.6 Å². The zero-order valence-electron chi connectivity index (χ0n) is 11.9. The fourth-order valence-electron chi connectivity index (χ4n) is 3.44. The van der Waals surface area contributed by atoms with Crippen LogP contribution in [-0.2, 0) is 6.42 Å². The molecule has 1 atom stereocenters. The molecule has 18 heavy (non-hydrogen) atoms. The van der Waals surface area contributed by atoms with Crippen molar-refractivity contribution in [2.75, 3.05) is 20.6 Å². The molecule has 0 bridgehead atoms. The van der Waals surface area contributed by atoms with Crippen LogP contribution < -0.4 is 5.32 Å². The van der Waals surface area contributed by atoms with Crippen LogP contribution in [0.15, 0.2) is 23.0 Å². The molecule has 1 aliphatic carbocycles. The largest absolute Gasteiger partial charge is 0.472 e. The third kappa shape index (κ3) is 2.62. The van der Waals surface area contributed by atoms with Crippen LogP contribution in [0.25, 0.3) is 0 Å². The first-order valence-corrected chi connectivity index (χ1v) is 7.11. The molecule has 102 valence electrons. The maximum absolute atomic E-state index is 5.21. The van der Waals surface area contributed by atoms with Crippen LogP contribution in [0.5, 0.6) is 0 Å². The Bertz CT molecular complexity index is 339. The van der Waals surface area contributed by atoms with Crippen LogP contribution in [0.3, 0.4) is 0 Å². The van der Waals surface area contributed by atoms with E-state index in [1.807, 2.05) is 6.26 Å². The third-order valence-corrected chi connectivity index (χ3v) is 4.48. The zero-order valence-corrected chi connectivity index (χ0v) is 11.9. The Morgan fingerprint density at radius 3 is 2.61 bits per heavy atom. The molecule has 0 radical (unpaired) electrons. The van der Waals surface area contributed by atoms with Crippen molar-refractivity contribution in [3.05, 3.63) is 24.2 Å². The van der Waals surface area contributed by atoms with Crippen LogP contribution in [0.1, 0.15) is 38.2 Å². The summed E-state index contributed by atoms with van der Waals surface area (Å²) in [6.07, 6.45) is 10.0. The Labute approximate surface area is 111 Å². The molecule has 0 aliphatic heterocycles. The predicted octanol–water partition coefficient (Wildman–Crippen LogP) is 2.67. The second kappa shape index (κ2) is 5.89. The van der Waals surface area contributed by atoms with Crippen molar-refractivity contribution in [2.24, 2.45) is 0 Å². The summed E-state index contributed by atoms with van der Waals surface area (Å²) in [5, 5.41) is 3.70. The molecule has 1 N–H and O–H groups in total. The molecule has 1 heterocycles. The monoisotopic (exact) mass is 250 g/mol. The van der Waals surface area contributed by atoms with Gasteiger partial charge in [-0.25, -0.2) is 0 Å². The summed E-state index contributed by atoms with van der Waals surface area (Å²) in [4.78, 5) is 2.44. The SMILES string of the molecule is CCNC(Cc1ccoc1)C1(N(C)C)CCCC1. The Morgan fingerprint density at radius 1 is 1.39 bits per heavy atom. The van der Waals surface area contributed by atoms with Crippen molar-refractivity contribution in [3.63, 3.8) is 0 Å². The van der Waals surface area contributed by atoms with Crippen molar-refractivity contribution in [1.29, 1.82) is 0 Å². The predicted molar refractivity (Wildman–Crippen MR) is 74.8 cm³/mol. The minimum atomic E-state index is 0.313. The van der Waals surface area contributed by atoms with Gasteiger partial charge in [-0.05, 0) is 51.5 Å². The summed E-state index contributed by atoms with van der Waals surface area (Å²) >= 11 is 0. The van der Waals surface area contributed by atoms with Gasteiger partial charge in [-0.2, -0.15) is 0 Å². The van der Waals surface area contributed by atoms with Crippen LogP contribution in [0.4, 0.5) is 0 Å². The fraction of sp³-hybridized carbons (Fsp3) is 0.733. The van der Waals surface area contributed by atoms with Crippen LogP contribution in [-0.4, -0.2) is 37.1 Å². The molecule has 3 heteroatoms. The summed E-state index contributed by atoms with van der Waals surface area (Å²) in [5.74, 6) is 0. The minimum Gasteiger partial charge on any atom is -0.472 e. The van der Waals surface area contributed by atoms with Crippen molar-refractivity contribution >= 4 is 0 Å². The molecule has 0 spiro atoms. The Kier molecular flexibility index (Phi) is 4.46. The quantitative estimate of drug-likeness (QED) is 0.841. The van der Waals surface area contributed by atoms with Crippen molar-refractivity contribution < 1.29 is 4.42 Å². The molecule has 1 saturated carbocycles. The number of likely N-dealkylation sites (N-methyl/N-ethyl adjacent to an activating group) is 2. The molecule has 0 aromatic carbocycles. The van der Waals surface area contributed by atoms with E-state index in [1.165, 1.54) is 31.2 Å². The van der Waals surface area contributed by atoms with Gasteiger partial charge in [0.1, 0.15) is 0 Å².